The fourth-order valence-electron chi connectivity index (χ4n) is 3.12. The highest BCUT2D eigenvalue weighted by Gasteiger charge is 2.26. The molecule has 0 bridgehead atoms. The van der Waals surface area contributed by atoms with E-state index in [-0.39, 0.29) is 5.54 Å². The number of nitrogens with one attached hydrogen (secondary N) is 1. The molecule has 19 heavy (non-hydrogen) atoms. The predicted molar refractivity (Wildman–Crippen MR) is 81.0 cm³/mol. The highest BCUT2D eigenvalue weighted by Crippen LogP contribution is 2.22. The zero-order valence-corrected chi connectivity index (χ0v) is 13.4. The van der Waals surface area contributed by atoms with Gasteiger partial charge in [-0.2, -0.15) is 5.26 Å². The van der Waals surface area contributed by atoms with Crippen LogP contribution in [0.4, 0.5) is 0 Å². The number of nitriles is 1. The number of rotatable bonds is 6. The summed E-state index contributed by atoms with van der Waals surface area (Å²) in [5.74, 6) is 0.826. The Kier molecular flexibility index (Phi) is 6.29. The van der Waals surface area contributed by atoms with Crippen LogP contribution < -0.4 is 5.32 Å². The Hall–Kier alpha value is -0.590. The van der Waals surface area contributed by atoms with Crippen molar-refractivity contribution in [2.24, 2.45) is 5.92 Å². The van der Waals surface area contributed by atoms with Crippen molar-refractivity contribution in [2.75, 3.05) is 13.1 Å². The van der Waals surface area contributed by atoms with Crippen molar-refractivity contribution < 1.29 is 0 Å². The molecule has 1 saturated heterocycles. The number of nitrogens with zero attached hydrogens (tertiary/aromatic N) is 2. The Bertz CT molecular complexity index is 308. The van der Waals surface area contributed by atoms with Crippen LogP contribution in [0.2, 0.25) is 0 Å². The molecule has 0 aromatic carbocycles. The zero-order valence-electron chi connectivity index (χ0n) is 13.4. The van der Waals surface area contributed by atoms with E-state index < -0.39 is 0 Å². The lowest BCUT2D eigenvalue weighted by molar-refractivity contribution is 0.120. The minimum absolute atomic E-state index is 0.360. The van der Waals surface area contributed by atoms with E-state index in [0.717, 1.165) is 25.3 Å². The third-order valence-electron chi connectivity index (χ3n) is 4.22. The van der Waals surface area contributed by atoms with E-state index in [9.17, 15) is 5.26 Å². The smallest absolute Gasteiger partial charge is 0.104 e. The largest absolute Gasteiger partial charge is 0.300 e. The molecule has 0 aliphatic carbocycles. The maximum Gasteiger partial charge on any atom is 0.104 e. The summed E-state index contributed by atoms with van der Waals surface area (Å²) in [5, 5.41) is 12.7. The molecule has 3 unspecified atom stereocenters. The summed E-state index contributed by atoms with van der Waals surface area (Å²) >= 11 is 0. The van der Waals surface area contributed by atoms with Crippen molar-refractivity contribution in [3.63, 3.8) is 0 Å². The minimum atomic E-state index is -0.376. The molecule has 1 aliphatic rings. The van der Waals surface area contributed by atoms with Crippen LogP contribution in [0.15, 0.2) is 0 Å². The van der Waals surface area contributed by atoms with Crippen molar-refractivity contribution >= 4 is 0 Å². The van der Waals surface area contributed by atoms with Crippen LogP contribution in [0.3, 0.4) is 0 Å². The average Bonchev–Trinajstić information content (AvgIpc) is 2.32. The molecule has 0 aromatic rings. The Morgan fingerprint density at radius 2 is 2.05 bits per heavy atom. The molecule has 1 rings (SSSR count). The van der Waals surface area contributed by atoms with Crippen LogP contribution in [0.5, 0.6) is 0 Å². The third kappa shape index (κ3) is 5.50. The van der Waals surface area contributed by atoms with Gasteiger partial charge < -0.3 is 4.90 Å². The van der Waals surface area contributed by atoms with Gasteiger partial charge in [0, 0.05) is 18.6 Å². The third-order valence-corrected chi connectivity index (χ3v) is 4.22. The summed E-state index contributed by atoms with van der Waals surface area (Å²) in [6.45, 7) is 13.3. The van der Waals surface area contributed by atoms with Crippen LogP contribution >= 0.6 is 0 Å². The van der Waals surface area contributed by atoms with Gasteiger partial charge in [0.15, 0.2) is 0 Å². The van der Waals surface area contributed by atoms with Gasteiger partial charge in [0.05, 0.1) is 6.07 Å². The molecule has 1 aliphatic heterocycles. The van der Waals surface area contributed by atoms with Gasteiger partial charge in [-0.05, 0) is 65.8 Å². The number of likely N-dealkylation sites (tertiary alicyclic amines) is 1. The fourth-order valence-corrected chi connectivity index (χ4v) is 3.12. The van der Waals surface area contributed by atoms with Crippen LogP contribution in [0, 0.1) is 17.2 Å². The average molecular weight is 265 g/mol. The van der Waals surface area contributed by atoms with Gasteiger partial charge in [0.25, 0.3) is 0 Å². The Labute approximate surface area is 119 Å². The second kappa shape index (κ2) is 7.26. The summed E-state index contributed by atoms with van der Waals surface area (Å²) in [7, 11) is 0. The molecule has 3 nitrogen and oxygen atoms in total. The molecule has 1 N–H and O–H groups in total. The van der Waals surface area contributed by atoms with Gasteiger partial charge in [-0.3, -0.25) is 5.32 Å². The minimum Gasteiger partial charge on any atom is -0.300 e. The van der Waals surface area contributed by atoms with E-state index in [1.165, 1.54) is 19.4 Å². The quantitative estimate of drug-likeness (QED) is 0.802. The molecule has 3 heteroatoms. The van der Waals surface area contributed by atoms with Crippen LogP contribution in [0.25, 0.3) is 0 Å². The van der Waals surface area contributed by atoms with E-state index in [2.05, 4.69) is 44.0 Å². The first-order valence-electron chi connectivity index (χ1n) is 7.79. The molecule has 0 radical (unpaired) electrons. The second-order valence-corrected chi connectivity index (χ2v) is 6.87. The monoisotopic (exact) mass is 265 g/mol. The van der Waals surface area contributed by atoms with E-state index in [0.29, 0.717) is 12.1 Å². The second-order valence-electron chi connectivity index (χ2n) is 6.87. The number of hydrogen-bond acceptors (Lipinski definition) is 3. The van der Waals surface area contributed by atoms with Gasteiger partial charge in [0.1, 0.15) is 5.54 Å². The Morgan fingerprint density at radius 1 is 1.37 bits per heavy atom. The Balaban J connectivity index is 2.37. The topological polar surface area (TPSA) is 39.1 Å². The SMILES string of the molecule is CC1CCC(C)N(CCCC(C)(C#N)NC(C)C)C1. The lowest BCUT2D eigenvalue weighted by Crippen LogP contribution is -2.46. The van der Waals surface area contributed by atoms with Gasteiger partial charge >= 0.3 is 0 Å². The van der Waals surface area contributed by atoms with E-state index >= 15 is 0 Å². The maximum absolute atomic E-state index is 9.34. The fraction of sp³-hybridized carbons (Fsp3) is 0.938. The van der Waals surface area contributed by atoms with E-state index in [4.69, 9.17) is 0 Å². The van der Waals surface area contributed by atoms with Crippen molar-refractivity contribution in [3.8, 4) is 6.07 Å². The summed E-state index contributed by atoms with van der Waals surface area (Å²) < 4.78 is 0. The molecule has 0 aromatic heterocycles. The zero-order chi connectivity index (χ0) is 14.5. The predicted octanol–water partition coefficient (Wildman–Crippen LogP) is 3.17. The lowest BCUT2D eigenvalue weighted by atomic mass is 9.93. The first kappa shape index (κ1) is 16.5. The van der Waals surface area contributed by atoms with Crippen molar-refractivity contribution in [1.29, 1.82) is 5.26 Å². The summed E-state index contributed by atoms with van der Waals surface area (Å²) in [6.07, 6.45) is 4.71. The normalized spacial score (nSPS) is 28.1. The van der Waals surface area contributed by atoms with Crippen LogP contribution in [-0.4, -0.2) is 35.6 Å². The number of hydrogen-bond donors (Lipinski definition) is 1. The summed E-state index contributed by atoms with van der Waals surface area (Å²) in [4.78, 5) is 2.60. The molecule has 1 heterocycles. The number of piperidine rings is 1. The maximum atomic E-state index is 9.34. The molecule has 110 valence electrons. The highest BCUT2D eigenvalue weighted by molar-refractivity contribution is 5.04. The van der Waals surface area contributed by atoms with Crippen LogP contribution in [0.1, 0.15) is 60.3 Å². The first-order valence-corrected chi connectivity index (χ1v) is 7.79. The van der Waals surface area contributed by atoms with Gasteiger partial charge in [-0.15, -0.1) is 0 Å². The molecular formula is C16H31N3. The van der Waals surface area contributed by atoms with Crippen molar-refractivity contribution in [3.05, 3.63) is 0 Å². The Morgan fingerprint density at radius 3 is 2.63 bits per heavy atom. The molecule has 0 saturated carbocycles. The summed E-state index contributed by atoms with van der Waals surface area (Å²) in [6, 6.07) is 3.51. The van der Waals surface area contributed by atoms with E-state index in [1.807, 2.05) is 6.92 Å². The molecule has 0 amide bonds. The molecule has 3 atom stereocenters. The highest BCUT2D eigenvalue weighted by atomic mass is 15.2. The van der Waals surface area contributed by atoms with E-state index in [1.54, 1.807) is 0 Å². The van der Waals surface area contributed by atoms with Crippen molar-refractivity contribution in [2.45, 2.75) is 77.9 Å². The molecule has 0 spiro atoms. The molecular weight excluding hydrogens is 234 g/mol. The standard InChI is InChI=1S/C16H31N3/c1-13(2)18-16(5,12-17)9-6-10-19-11-14(3)7-8-15(19)4/h13-15,18H,6-11H2,1-5H3. The first-order chi connectivity index (χ1) is 8.86. The van der Waals surface area contributed by atoms with Crippen molar-refractivity contribution in [1.82, 2.24) is 10.2 Å². The lowest BCUT2D eigenvalue weighted by Gasteiger charge is -2.37. The summed E-state index contributed by atoms with van der Waals surface area (Å²) in [5.41, 5.74) is -0.376. The van der Waals surface area contributed by atoms with Gasteiger partial charge in [0.2, 0.25) is 0 Å². The van der Waals surface area contributed by atoms with Gasteiger partial charge in [-0.25, -0.2) is 0 Å². The molecule has 1 fully saturated rings. The van der Waals surface area contributed by atoms with Crippen LogP contribution in [-0.2, 0) is 0 Å². The van der Waals surface area contributed by atoms with Gasteiger partial charge in [-0.1, -0.05) is 6.92 Å².